The summed E-state index contributed by atoms with van der Waals surface area (Å²) in [5, 5.41) is 29.4. The molecule has 0 aliphatic rings. The Balaban J connectivity index is 0.000000107. The van der Waals surface area contributed by atoms with Crippen molar-refractivity contribution in [1.82, 2.24) is 0 Å². The number of hydrogen-bond acceptors (Lipinski definition) is 3. The van der Waals surface area contributed by atoms with E-state index in [0.717, 1.165) is 65.8 Å². The van der Waals surface area contributed by atoms with Gasteiger partial charge in [-0.05, 0) is 328 Å². The third-order valence-electron chi connectivity index (χ3n) is 30.1. The number of fused-ring (bicyclic) bond motifs is 18. The van der Waals surface area contributed by atoms with Crippen molar-refractivity contribution in [3.8, 4) is 134 Å². The predicted octanol–water partition coefficient (Wildman–Crippen LogP) is 41.1. The van der Waals surface area contributed by atoms with Crippen molar-refractivity contribution in [3.63, 3.8) is 0 Å². The molecule has 147 heavy (non-hydrogen) atoms. The number of benzene rings is 27. The summed E-state index contributed by atoms with van der Waals surface area (Å²) < 4.78 is 18.4. The fourth-order valence-corrected chi connectivity index (χ4v) is 23.2. The lowest BCUT2D eigenvalue weighted by molar-refractivity contribution is 0.668. The third-order valence-corrected chi connectivity index (χ3v) is 30.1. The Morgan fingerprint density at radius 3 is 0.605 bits per heavy atom. The summed E-state index contributed by atoms with van der Waals surface area (Å²) >= 11 is 0. The Labute approximate surface area is 849 Å². The zero-order valence-electron chi connectivity index (χ0n) is 80.2. The van der Waals surface area contributed by atoms with E-state index in [0.29, 0.717) is 0 Å². The van der Waals surface area contributed by atoms with Gasteiger partial charge in [0.05, 0.1) is 0 Å². The van der Waals surface area contributed by atoms with E-state index in [1.807, 2.05) is 36.4 Å². The van der Waals surface area contributed by atoms with Crippen LogP contribution in [0.2, 0.25) is 0 Å². The van der Waals surface area contributed by atoms with E-state index >= 15 is 0 Å². The van der Waals surface area contributed by atoms with Crippen molar-refractivity contribution in [1.29, 1.82) is 0 Å². The molecule has 0 saturated heterocycles. The zero-order chi connectivity index (χ0) is 96.9. The van der Waals surface area contributed by atoms with Crippen LogP contribution in [0.3, 0.4) is 0 Å². The first-order valence-electron chi connectivity index (χ1n) is 50.5. The van der Waals surface area contributed by atoms with Crippen molar-refractivity contribution in [2.45, 2.75) is 0 Å². The van der Waals surface area contributed by atoms with E-state index in [-0.39, 0.29) is 0 Å². The molecule has 0 amide bonds. The lowest BCUT2D eigenvalue weighted by Crippen LogP contribution is -1.93. The Hall–Kier alpha value is -19.3. The van der Waals surface area contributed by atoms with Crippen molar-refractivity contribution in [2.75, 3.05) is 0 Å². The zero-order valence-corrected chi connectivity index (χ0v) is 80.2. The van der Waals surface area contributed by atoms with E-state index in [4.69, 9.17) is 13.3 Å². The van der Waals surface area contributed by atoms with E-state index in [1.54, 1.807) is 0 Å². The second-order valence-electron chi connectivity index (χ2n) is 38.6. The van der Waals surface area contributed by atoms with Gasteiger partial charge in [-0.2, -0.15) is 0 Å². The van der Waals surface area contributed by atoms with Gasteiger partial charge in [-0.15, -0.1) is 0 Å². The molecule has 3 heteroatoms. The average molecular weight is 1870 g/mol. The van der Waals surface area contributed by atoms with Gasteiger partial charge in [-0.1, -0.05) is 449 Å². The van der Waals surface area contributed by atoms with Gasteiger partial charge in [0.2, 0.25) is 0 Å². The Morgan fingerprint density at radius 2 is 0.286 bits per heavy atom. The maximum atomic E-state index is 6.18. The lowest BCUT2D eigenvalue weighted by Gasteiger charge is -2.20. The van der Waals surface area contributed by atoms with Gasteiger partial charge in [0.1, 0.15) is 33.5 Å². The minimum absolute atomic E-state index is 0.911. The molecule has 3 heterocycles. The summed E-state index contributed by atoms with van der Waals surface area (Å²) in [4.78, 5) is 0. The first kappa shape index (κ1) is 85.6. The van der Waals surface area contributed by atoms with Gasteiger partial charge >= 0.3 is 0 Å². The normalized spacial score (nSPS) is 11.7. The molecule has 3 nitrogen and oxygen atoms in total. The molecule has 0 aliphatic heterocycles. The molecular weight excluding hydrogens is 1780 g/mol. The van der Waals surface area contributed by atoms with E-state index in [2.05, 4.69) is 510 Å². The molecular formula is C144H90O3. The highest BCUT2D eigenvalue weighted by Crippen LogP contribution is 2.52. The largest absolute Gasteiger partial charge is 0.456 e. The van der Waals surface area contributed by atoms with Crippen LogP contribution in [0.25, 0.3) is 296 Å². The first-order valence-corrected chi connectivity index (χ1v) is 50.5. The van der Waals surface area contributed by atoms with E-state index in [1.165, 1.54) is 230 Å². The lowest BCUT2D eigenvalue weighted by atomic mass is 9.83. The highest BCUT2D eigenvalue weighted by molar-refractivity contribution is 6.26. The number of furan rings is 3. The van der Waals surface area contributed by atoms with Crippen LogP contribution in [-0.4, -0.2) is 0 Å². The summed E-state index contributed by atoms with van der Waals surface area (Å²) in [6.45, 7) is 0. The van der Waals surface area contributed by atoms with Crippen molar-refractivity contribution in [3.05, 3.63) is 546 Å². The molecule has 0 atom stereocenters. The summed E-state index contributed by atoms with van der Waals surface area (Å²) in [5.41, 5.74) is 34.8. The molecule has 684 valence electrons. The van der Waals surface area contributed by atoms with Crippen LogP contribution in [-0.2, 0) is 0 Å². The van der Waals surface area contributed by atoms with Gasteiger partial charge in [0.15, 0.2) is 0 Å². The SMILES string of the molecule is c1cc(-c2ccc3ccccc3c2)cc(-c2c3ccccc3c(-c3ccc(-c4ccc5oc6ccccc6c5c4)cc3)c3ccccc23)c1.c1cc(-c2ccc3ccccc3c2)cc(-c2c3ccccc3c(-c3cccc(-c4ccc5oc6ccccc6c5c4)c3)c3ccccc23)c1.c1cc(-c2ccc3ccccc3c2)cc(-c2c3ccccc3c(-c3ccccc3-c3ccc4oc5ccccc5c4c3)c3ccccc23)c1. The van der Waals surface area contributed by atoms with Gasteiger partial charge in [0, 0.05) is 32.3 Å². The fourth-order valence-electron chi connectivity index (χ4n) is 23.2. The third kappa shape index (κ3) is 15.2. The van der Waals surface area contributed by atoms with Crippen LogP contribution in [0.5, 0.6) is 0 Å². The van der Waals surface area contributed by atoms with Crippen molar-refractivity contribution < 1.29 is 13.3 Å². The summed E-state index contributed by atoms with van der Waals surface area (Å²) in [6, 6.07) is 198. The van der Waals surface area contributed by atoms with Crippen molar-refractivity contribution >= 4 is 163 Å². The molecule has 0 saturated carbocycles. The second kappa shape index (κ2) is 36.0. The maximum Gasteiger partial charge on any atom is 0.135 e. The molecule has 0 fully saturated rings. The monoisotopic (exact) mass is 1870 g/mol. The summed E-state index contributed by atoms with van der Waals surface area (Å²) in [7, 11) is 0. The minimum Gasteiger partial charge on any atom is -0.456 e. The quantitative estimate of drug-likeness (QED) is 0.114. The fraction of sp³-hybridized carbons (Fsp3) is 0. The van der Waals surface area contributed by atoms with Gasteiger partial charge in [0.25, 0.3) is 0 Å². The van der Waals surface area contributed by atoms with Crippen LogP contribution < -0.4 is 0 Å². The van der Waals surface area contributed by atoms with Crippen LogP contribution in [0.4, 0.5) is 0 Å². The molecule has 30 rings (SSSR count). The predicted molar refractivity (Wildman–Crippen MR) is 624 cm³/mol. The number of hydrogen-bond donors (Lipinski definition) is 0. The van der Waals surface area contributed by atoms with Crippen LogP contribution in [0, 0.1) is 0 Å². The maximum absolute atomic E-state index is 6.18. The minimum atomic E-state index is 0.911. The highest BCUT2D eigenvalue weighted by atomic mass is 16.3. The second-order valence-corrected chi connectivity index (χ2v) is 38.6. The Bertz CT molecular complexity index is 10400. The van der Waals surface area contributed by atoms with Gasteiger partial charge < -0.3 is 13.3 Å². The van der Waals surface area contributed by atoms with E-state index in [9.17, 15) is 0 Å². The van der Waals surface area contributed by atoms with Crippen molar-refractivity contribution in [2.24, 2.45) is 0 Å². The molecule has 0 N–H and O–H groups in total. The molecule has 0 aliphatic carbocycles. The Morgan fingerprint density at radius 1 is 0.0884 bits per heavy atom. The average Bonchev–Trinajstić information content (AvgIpc) is 1.64. The molecule has 30 aromatic rings. The number of para-hydroxylation sites is 3. The smallest absolute Gasteiger partial charge is 0.135 e. The van der Waals surface area contributed by atoms with Crippen LogP contribution >= 0.6 is 0 Å². The number of rotatable bonds is 12. The highest BCUT2D eigenvalue weighted by Gasteiger charge is 2.25. The standard InChI is InChI=1S/3C48H30O/c1-2-12-32-27-35(24-23-31(32)11-1)33-13-9-15-37(28-33)47-40-18-3-5-20-42(40)48(43-21-6-4-19-41(43)47)38-16-10-14-34(29-38)36-25-26-46-44(30-36)39-17-7-8-22-45(39)49-46;1-2-11-34-28-36(25-22-31(34)10-1)35-12-9-13-38(29-35)48-42-17-5-3-15-40(42)47(41-16-4-6-18-43(41)48)33-23-20-32(21-24-33)37-26-27-46-44(30-37)39-14-7-8-19-45(39)49-46;1-2-13-32-28-34(25-24-31(32)12-1)33-14-11-15-36(29-33)47-40-19-5-7-21-42(40)48(43-22-8-6-20-41(43)47)39-18-4-3-16-37(39)35-26-27-46-44(30-35)38-17-9-10-23-45(38)49-46/h3*1-30H. The van der Waals surface area contributed by atoms with Crippen LogP contribution in [0.15, 0.2) is 559 Å². The molecule has 27 aromatic carbocycles. The van der Waals surface area contributed by atoms with Gasteiger partial charge in [-0.3, -0.25) is 0 Å². The molecule has 3 aromatic heterocycles. The van der Waals surface area contributed by atoms with Crippen LogP contribution in [0.1, 0.15) is 0 Å². The summed E-state index contributed by atoms with van der Waals surface area (Å²) in [6.07, 6.45) is 0. The topological polar surface area (TPSA) is 39.4 Å². The first-order chi connectivity index (χ1) is 72.9. The van der Waals surface area contributed by atoms with Gasteiger partial charge in [-0.25, -0.2) is 0 Å². The molecule has 0 unspecified atom stereocenters. The molecule has 0 bridgehead atoms. The molecule has 0 radical (unpaired) electrons. The van der Waals surface area contributed by atoms with E-state index < -0.39 is 0 Å². The Kier molecular flexibility index (Phi) is 21.0. The molecule has 0 spiro atoms. The summed E-state index contributed by atoms with van der Waals surface area (Å²) in [5.74, 6) is 0.